The highest BCUT2D eigenvalue weighted by Gasteiger charge is 2.16. The van der Waals surface area contributed by atoms with E-state index in [1.54, 1.807) is 6.07 Å². The summed E-state index contributed by atoms with van der Waals surface area (Å²) in [6.45, 7) is 2.36. The van der Waals surface area contributed by atoms with Crippen LogP contribution in [0.25, 0.3) is 22.0 Å². The normalized spacial score (nSPS) is 11.9. The summed E-state index contributed by atoms with van der Waals surface area (Å²) in [6, 6.07) is 25.6. The number of nitrogens with zero attached hydrogens (tertiary/aromatic N) is 1. The first-order valence-corrected chi connectivity index (χ1v) is 9.90. The van der Waals surface area contributed by atoms with Crippen molar-refractivity contribution in [2.75, 3.05) is 0 Å². The first-order valence-electron chi connectivity index (χ1n) is 9.90. The summed E-state index contributed by atoms with van der Waals surface area (Å²) in [7, 11) is 0. The van der Waals surface area contributed by atoms with Gasteiger partial charge in [0.15, 0.2) is 0 Å². The SMILES string of the molecule is CC(C(=O)NCc1ccc(-c2ccccc2)cc1)n1ccc2cc(C(=N)N)ccc21. The maximum Gasteiger partial charge on any atom is 0.243 e. The van der Waals surface area contributed by atoms with Crippen LogP contribution in [0.1, 0.15) is 24.1 Å². The van der Waals surface area contributed by atoms with E-state index in [2.05, 4.69) is 29.6 Å². The molecule has 5 heteroatoms. The summed E-state index contributed by atoms with van der Waals surface area (Å²) in [6.07, 6.45) is 1.90. The second-order valence-electron chi connectivity index (χ2n) is 7.37. The van der Waals surface area contributed by atoms with E-state index < -0.39 is 0 Å². The van der Waals surface area contributed by atoms with Crippen molar-refractivity contribution in [1.29, 1.82) is 5.41 Å². The van der Waals surface area contributed by atoms with Gasteiger partial charge in [0.2, 0.25) is 5.91 Å². The van der Waals surface area contributed by atoms with Gasteiger partial charge < -0.3 is 15.6 Å². The number of nitrogens with one attached hydrogen (secondary N) is 2. The molecule has 0 aliphatic carbocycles. The molecular formula is C25H24N4O. The molecule has 3 aromatic carbocycles. The van der Waals surface area contributed by atoms with Crippen LogP contribution in [0.5, 0.6) is 0 Å². The number of fused-ring (bicyclic) bond motifs is 1. The highest BCUT2D eigenvalue weighted by Crippen LogP contribution is 2.22. The number of carbonyl (C=O) groups is 1. The number of carbonyl (C=O) groups excluding carboxylic acids is 1. The molecule has 0 aliphatic heterocycles. The van der Waals surface area contributed by atoms with Crippen LogP contribution in [0.2, 0.25) is 0 Å². The lowest BCUT2D eigenvalue weighted by molar-refractivity contribution is -0.123. The van der Waals surface area contributed by atoms with E-state index in [1.165, 1.54) is 5.56 Å². The summed E-state index contributed by atoms with van der Waals surface area (Å²) in [4.78, 5) is 12.7. The number of hydrogen-bond donors (Lipinski definition) is 3. The molecule has 1 atom stereocenters. The Hall–Kier alpha value is -3.86. The Kier molecular flexibility index (Phi) is 5.35. The third-order valence-electron chi connectivity index (χ3n) is 5.36. The minimum absolute atomic E-state index is 0.0359. The van der Waals surface area contributed by atoms with Gasteiger partial charge in [0, 0.05) is 29.2 Å². The Labute approximate surface area is 175 Å². The number of nitrogen functional groups attached to an aromatic ring is 1. The van der Waals surface area contributed by atoms with Crippen molar-refractivity contribution in [1.82, 2.24) is 9.88 Å². The van der Waals surface area contributed by atoms with Crippen LogP contribution in [0.15, 0.2) is 85.1 Å². The van der Waals surface area contributed by atoms with Crippen LogP contribution < -0.4 is 11.1 Å². The lowest BCUT2D eigenvalue weighted by atomic mass is 10.0. The van der Waals surface area contributed by atoms with Gasteiger partial charge in [-0.15, -0.1) is 0 Å². The summed E-state index contributed by atoms with van der Waals surface area (Å²) in [5.41, 5.74) is 10.6. The third-order valence-corrected chi connectivity index (χ3v) is 5.36. The van der Waals surface area contributed by atoms with E-state index in [4.69, 9.17) is 11.1 Å². The Morgan fingerprint density at radius 3 is 2.40 bits per heavy atom. The standard InChI is InChI=1S/C25H24N4O/c1-17(29-14-13-21-15-22(24(26)27)11-12-23(21)29)25(30)28-16-18-7-9-20(10-8-18)19-5-3-2-4-6-19/h2-15,17H,16H2,1H3,(H3,26,27)(H,28,30). The van der Waals surface area contributed by atoms with Crippen molar-refractivity contribution in [3.8, 4) is 11.1 Å². The molecule has 1 aromatic heterocycles. The van der Waals surface area contributed by atoms with Crippen molar-refractivity contribution in [3.05, 3.63) is 96.2 Å². The van der Waals surface area contributed by atoms with Gasteiger partial charge in [0.1, 0.15) is 11.9 Å². The molecule has 0 aliphatic rings. The highest BCUT2D eigenvalue weighted by atomic mass is 16.2. The first-order chi connectivity index (χ1) is 14.5. The number of hydrogen-bond acceptors (Lipinski definition) is 2. The number of nitrogens with two attached hydrogens (primary N) is 1. The fraction of sp³-hybridized carbons (Fsp3) is 0.120. The maximum atomic E-state index is 12.7. The van der Waals surface area contributed by atoms with Crippen molar-refractivity contribution in [3.63, 3.8) is 0 Å². The molecule has 0 spiro atoms. The zero-order chi connectivity index (χ0) is 21.1. The van der Waals surface area contributed by atoms with E-state index in [0.717, 1.165) is 22.0 Å². The zero-order valence-corrected chi connectivity index (χ0v) is 16.8. The molecule has 0 saturated carbocycles. The second-order valence-corrected chi connectivity index (χ2v) is 7.37. The Morgan fingerprint density at radius 2 is 1.70 bits per heavy atom. The van der Waals surface area contributed by atoms with Gasteiger partial charge in [-0.1, -0.05) is 54.6 Å². The largest absolute Gasteiger partial charge is 0.384 e. The molecule has 1 unspecified atom stereocenters. The second kappa shape index (κ2) is 8.25. The number of rotatable bonds is 6. The highest BCUT2D eigenvalue weighted by molar-refractivity contribution is 5.99. The number of amides is 1. The monoisotopic (exact) mass is 396 g/mol. The van der Waals surface area contributed by atoms with Crippen molar-refractivity contribution in [2.45, 2.75) is 19.5 Å². The van der Waals surface area contributed by atoms with Crippen LogP contribution in [-0.4, -0.2) is 16.3 Å². The molecular weight excluding hydrogens is 372 g/mol. The van der Waals surface area contributed by atoms with E-state index in [-0.39, 0.29) is 17.8 Å². The van der Waals surface area contributed by atoms with Crippen molar-refractivity contribution >= 4 is 22.6 Å². The molecule has 0 radical (unpaired) electrons. The van der Waals surface area contributed by atoms with Crippen molar-refractivity contribution in [2.24, 2.45) is 5.73 Å². The molecule has 0 saturated heterocycles. The molecule has 0 fully saturated rings. The Bertz CT molecular complexity index is 1190. The van der Waals surface area contributed by atoms with Gasteiger partial charge in [-0.3, -0.25) is 10.2 Å². The molecule has 30 heavy (non-hydrogen) atoms. The van der Waals surface area contributed by atoms with Crippen LogP contribution >= 0.6 is 0 Å². The average Bonchev–Trinajstić information content (AvgIpc) is 3.21. The minimum Gasteiger partial charge on any atom is -0.384 e. The van der Waals surface area contributed by atoms with E-state index >= 15 is 0 Å². The summed E-state index contributed by atoms with van der Waals surface area (Å²) in [5.74, 6) is -0.0102. The molecule has 1 amide bonds. The molecule has 150 valence electrons. The van der Waals surface area contributed by atoms with Gasteiger partial charge in [0.05, 0.1) is 0 Å². The van der Waals surface area contributed by atoms with Gasteiger partial charge in [-0.2, -0.15) is 0 Å². The van der Waals surface area contributed by atoms with Crippen LogP contribution in [0.3, 0.4) is 0 Å². The number of benzene rings is 3. The van der Waals surface area contributed by atoms with Crippen LogP contribution in [0, 0.1) is 5.41 Å². The zero-order valence-electron chi connectivity index (χ0n) is 16.8. The van der Waals surface area contributed by atoms with Gasteiger partial charge in [0.25, 0.3) is 0 Å². The smallest absolute Gasteiger partial charge is 0.243 e. The van der Waals surface area contributed by atoms with E-state index in [9.17, 15) is 4.79 Å². The van der Waals surface area contributed by atoms with Crippen molar-refractivity contribution < 1.29 is 4.79 Å². The van der Waals surface area contributed by atoms with Gasteiger partial charge >= 0.3 is 0 Å². The first kappa shape index (κ1) is 19.5. The quantitative estimate of drug-likeness (QED) is 0.332. The van der Waals surface area contributed by atoms with E-state index in [1.807, 2.05) is 66.2 Å². The average molecular weight is 396 g/mol. The number of aromatic nitrogens is 1. The molecule has 1 heterocycles. The topological polar surface area (TPSA) is 83.9 Å². The van der Waals surface area contributed by atoms with Gasteiger partial charge in [-0.25, -0.2) is 0 Å². The Balaban J connectivity index is 1.43. The third kappa shape index (κ3) is 3.96. The fourth-order valence-electron chi connectivity index (χ4n) is 3.58. The summed E-state index contributed by atoms with van der Waals surface area (Å²) < 4.78 is 1.94. The summed E-state index contributed by atoms with van der Waals surface area (Å²) in [5, 5.41) is 11.6. The maximum absolute atomic E-state index is 12.7. The molecule has 4 N–H and O–H groups in total. The predicted octanol–water partition coefficient (Wildman–Crippen LogP) is 4.47. The minimum atomic E-state index is -0.353. The van der Waals surface area contributed by atoms with Crippen LogP contribution in [0.4, 0.5) is 0 Å². The predicted molar refractivity (Wildman–Crippen MR) is 121 cm³/mol. The van der Waals surface area contributed by atoms with E-state index in [0.29, 0.717) is 12.1 Å². The molecule has 4 aromatic rings. The number of amidine groups is 1. The fourth-order valence-corrected chi connectivity index (χ4v) is 3.58. The lowest BCUT2D eigenvalue weighted by Crippen LogP contribution is -2.30. The van der Waals surface area contributed by atoms with Gasteiger partial charge in [-0.05, 0) is 47.9 Å². The van der Waals surface area contributed by atoms with Crippen LogP contribution in [-0.2, 0) is 11.3 Å². The molecule has 0 bridgehead atoms. The summed E-state index contributed by atoms with van der Waals surface area (Å²) >= 11 is 0. The molecule has 4 rings (SSSR count). The molecule has 5 nitrogen and oxygen atoms in total. The lowest BCUT2D eigenvalue weighted by Gasteiger charge is -2.16. The Morgan fingerprint density at radius 1 is 1.00 bits per heavy atom.